The van der Waals surface area contributed by atoms with Gasteiger partial charge in [0.1, 0.15) is 11.9 Å². The van der Waals surface area contributed by atoms with Crippen molar-refractivity contribution >= 4 is 17.8 Å². The Hall–Kier alpha value is -4.56. The number of hydrogen-bond donors (Lipinski definition) is 3. The van der Waals surface area contributed by atoms with Crippen LogP contribution in [0.25, 0.3) is 0 Å². The molecule has 232 valence electrons. The van der Waals surface area contributed by atoms with Crippen LogP contribution in [0, 0.1) is 17.7 Å². The number of nitrogens with one attached hydrogen (secondary N) is 2. The molecule has 7 nitrogen and oxygen atoms in total. The van der Waals surface area contributed by atoms with Crippen LogP contribution in [0.4, 0.5) is 4.39 Å². The third-order valence-corrected chi connectivity index (χ3v) is 7.24. The average Bonchev–Trinajstić information content (AvgIpc) is 3.04. The zero-order chi connectivity index (χ0) is 31.7. The molecule has 3 N–H and O–H groups in total. The number of benzene rings is 3. The lowest BCUT2D eigenvalue weighted by Gasteiger charge is -2.24. The third kappa shape index (κ3) is 11.3. The van der Waals surface area contributed by atoms with Crippen LogP contribution in [0.5, 0.6) is 0 Å². The standard InChI is InChI=1S/C36H41FN2O5/c1-3-11-29(23-34(41)39-32(25-40)22-26-13-7-5-8-14-26)35(42)38-24-33(28-15-9-6-10-16-28)44-36(43)30(12-4-2)21-27-17-19-31(37)20-18-27/h3-10,13-20,29-30,32-33,40H,1-2,11-12,21-25H2,(H,38,42)(H,39,41)/t29-,30-,32+,33+/m0/s1. The monoisotopic (exact) mass is 600 g/mol. The molecule has 0 radical (unpaired) electrons. The molecule has 3 aromatic rings. The van der Waals surface area contributed by atoms with Crippen molar-refractivity contribution in [2.75, 3.05) is 13.2 Å². The predicted molar refractivity (Wildman–Crippen MR) is 169 cm³/mol. The molecule has 8 heteroatoms. The van der Waals surface area contributed by atoms with E-state index < -0.39 is 30.0 Å². The largest absolute Gasteiger partial charge is 0.455 e. The maximum Gasteiger partial charge on any atom is 0.310 e. The molecule has 0 fully saturated rings. The first kappa shape index (κ1) is 33.9. The fourth-order valence-corrected chi connectivity index (χ4v) is 4.89. The molecule has 0 bridgehead atoms. The molecule has 0 aliphatic carbocycles. The number of esters is 1. The van der Waals surface area contributed by atoms with Gasteiger partial charge in [0.25, 0.3) is 0 Å². The smallest absolute Gasteiger partial charge is 0.310 e. The van der Waals surface area contributed by atoms with Crippen LogP contribution in [-0.4, -0.2) is 42.1 Å². The lowest BCUT2D eigenvalue weighted by molar-refractivity contribution is -0.154. The van der Waals surface area contributed by atoms with Gasteiger partial charge in [-0.1, -0.05) is 84.9 Å². The molecule has 2 amide bonds. The predicted octanol–water partition coefficient (Wildman–Crippen LogP) is 5.26. The summed E-state index contributed by atoms with van der Waals surface area (Å²) in [6, 6.07) is 24.1. The number of aliphatic hydroxyl groups excluding tert-OH is 1. The summed E-state index contributed by atoms with van der Waals surface area (Å²) in [4.78, 5) is 39.5. The second-order valence-corrected chi connectivity index (χ2v) is 10.7. The van der Waals surface area contributed by atoms with Crippen LogP contribution in [-0.2, 0) is 32.0 Å². The van der Waals surface area contributed by atoms with E-state index in [4.69, 9.17) is 4.74 Å². The second-order valence-electron chi connectivity index (χ2n) is 10.7. The Labute approximate surface area is 258 Å². The summed E-state index contributed by atoms with van der Waals surface area (Å²) in [6.07, 6.45) is 3.76. The Bertz CT molecular complexity index is 1350. The zero-order valence-electron chi connectivity index (χ0n) is 24.9. The quantitative estimate of drug-likeness (QED) is 0.136. The Balaban J connectivity index is 1.65. The number of carbonyl (C=O) groups is 3. The molecule has 0 saturated heterocycles. The van der Waals surface area contributed by atoms with Crippen LogP contribution < -0.4 is 10.6 Å². The van der Waals surface area contributed by atoms with E-state index in [-0.39, 0.29) is 43.6 Å². The lowest BCUT2D eigenvalue weighted by atomic mass is 9.96. The van der Waals surface area contributed by atoms with Crippen molar-refractivity contribution in [1.29, 1.82) is 0 Å². The molecule has 44 heavy (non-hydrogen) atoms. The van der Waals surface area contributed by atoms with E-state index in [1.807, 2.05) is 60.7 Å². The Morgan fingerprint density at radius 1 is 0.818 bits per heavy atom. The summed E-state index contributed by atoms with van der Waals surface area (Å²) < 4.78 is 19.3. The molecule has 0 saturated carbocycles. The molecule has 0 aliphatic rings. The van der Waals surface area contributed by atoms with Crippen LogP contribution in [0.3, 0.4) is 0 Å². The van der Waals surface area contributed by atoms with Gasteiger partial charge >= 0.3 is 5.97 Å². The summed E-state index contributed by atoms with van der Waals surface area (Å²) in [7, 11) is 0. The molecule has 0 heterocycles. The zero-order valence-corrected chi connectivity index (χ0v) is 24.9. The van der Waals surface area contributed by atoms with Gasteiger partial charge in [0.05, 0.1) is 31.0 Å². The van der Waals surface area contributed by atoms with Gasteiger partial charge in [0, 0.05) is 6.42 Å². The highest BCUT2D eigenvalue weighted by molar-refractivity contribution is 5.86. The number of aliphatic hydroxyl groups is 1. The van der Waals surface area contributed by atoms with E-state index in [2.05, 4.69) is 23.8 Å². The Morgan fingerprint density at radius 2 is 1.41 bits per heavy atom. The van der Waals surface area contributed by atoms with Crippen molar-refractivity contribution in [3.8, 4) is 0 Å². The van der Waals surface area contributed by atoms with E-state index in [1.54, 1.807) is 24.3 Å². The van der Waals surface area contributed by atoms with E-state index >= 15 is 0 Å². The lowest BCUT2D eigenvalue weighted by Crippen LogP contribution is -2.42. The molecule has 0 unspecified atom stereocenters. The summed E-state index contributed by atoms with van der Waals surface area (Å²) in [5.74, 6) is -2.82. The van der Waals surface area contributed by atoms with Crippen molar-refractivity contribution < 1.29 is 28.6 Å². The highest BCUT2D eigenvalue weighted by atomic mass is 19.1. The SMILES string of the molecule is C=CC[C@@H](CC(=O)N[C@@H](CO)Cc1ccccc1)C(=O)NC[C@@H](OC(=O)[C@@H](CC=C)Cc1ccc(F)cc1)c1ccccc1. The van der Waals surface area contributed by atoms with Crippen LogP contribution in [0.15, 0.2) is 110 Å². The third-order valence-electron chi connectivity index (χ3n) is 7.24. The number of amides is 2. The molecule has 3 aromatic carbocycles. The molecule has 0 aromatic heterocycles. The van der Waals surface area contributed by atoms with Crippen molar-refractivity contribution in [3.05, 3.63) is 133 Å². The number of rotatable bonds is 18. The van der Waals surface area contributed by atoms with Gasteiger partial charge in [-0.15, -0.1) is 13.2 Å². The molecule has 0 spiro atoms. The first-order valence-corrected chi connectivity index (χ1v) is 14.8. The van der Waals surface area contributed by atoms with Crippen molar-refractivity contribution in [3.63, 3.8) is 0 Å². The molecule has 4 atom stereocenters. The first-order chi connectivity index (χ1) is 21.3. The molecule has 3 rings (SSSR count). The van der Waals surface area contributed by atoms with Crippen LogP contribution in [0.1, 0.15) is 42.1 Å². The minimum atomic E-state index is -0.781. The number of halogens is 1. The van der Waals surface area contributed by atoms with E-state index in [1.165, 1.54) is 12.1 Å². The minimum absolute atomic E-state index is 0.00548. The van der Waals surface area contributed by atoms with Crippen molar-refractivity contribution in [1.82, 2.24) is 10.6 Å². The number of allylic oxidation sites excluding steroid dienone is 2. The fraction of sp³-hybridized carbons (Fsp3) is 0.306. The number of hydrogen-bond acceptors (Lipinski definition) is 5. The van der Waals surface area contributed by atoms with Gasteiger partial charge in [-0.2, -0.15) is 0 Å². The van der Waals surface area contributed by atoms with Gasteiger partial charge in [-0.05, 0) is 54.5 Å². The van der Waals surface area contributed by atoms with Crippen molar-refractivity contribution in [2.45, 2.75) is 44.2 Å². The van der Waals surface area contributed by atoms with E-state index in [0.717, 1.165) is 11.1 Å². The maximum absolute atomic E-state index is 13.4. The summed E-state index contributed by atoms with van der Waals surface area (Å²) in [5.41, 5.74) is 2.46. The topological polar surface area (TPSA) is 105 Å². The summed E-state index contributed by atoms with van der Waals surface area (Å²) in [6.45, 7) is 7.25. The minimum Gasteiger partial charge on any atom is -0.455 e. The Kier molecular flexibility index (Phi) is 14.0. The Morgan fingerprint density at radius 3 is 2.02 bits per heavy atom. The maximum atomic E-state index is 13.4. The highest BCUT2D eigenvalue weighted by Crippen LogP contribution is 2.23. The normalized spacial score (nSPS) is 13.5. The number of ether oxygens (including phenoxy) is 1. The summed E-state index contributed by atoms with van der Waals surface area (Å²) >= 11 is 0. The second kappa shape index (κ2) is 18.2. The average molecular weight is 601 g/mol. The molecular weight excluding hydrogens is 559 g/mol. The highest BCUT2D eigenvalue weighted by Gasteiger charge is 2.27. The van der Waals surface area contributed by atoms with Gasteiger partial charge in [0.2, 0.25) is 11.8 Å². The van der Waals surface area contributed by atoms with Gasteiger partial charge in [-0.3, -0.25) is 14.4 Å². The van der Waals surface area contributed by atoms with Crippen LogP contribution in [0.2, 0.25) is 0 Å². The van der Waals surface area contributed by atoms with Gasteiger partial charge in [-0.25, -0.2) is 4.39 Å². The van der Waals surface area contributed by atoms with Gasteiger partial charge < -0.3 is 20.5 Å². The van der Waals surface area contributed by atoms with Crippen LogP contribution >= 0.6 is 0 Å². The molecular formula is C36H41FN2O5. The van der Waals surface area contributed by atoms with E-state index in [9.17, 15) is 23.9 Å². The first-order valence-electron chi connectivity index (χ1n) is 14.8. The number of carbonyl (C=O) groups excluding carboxylic acids is 3. The fourth-order valence-electron chi connectivity index (χ4n) is 4.89. The van der Waals surface area contributed by atoms with Crippen molar-refractivity contribution in [2.24, 2.45) is 11.8 Å². The molecule has 0 aliphatic heterocycles. The van der Waals surface area contributed by atoms with E-state index in [0.29, 0.717) is 24.8 Å². The van der Waals surface area contributed by atoms with Gasteiger partial charge in [0.15, 0.2) is 0 Å². The summed E-state index contributed by atoms with van der Waals surface area (Å²) in [5, 5.41) is 15.5.